The Morgan fingerprint density at radius 3 is 3.27 bits per heavy atom. The van der Waals surface area contributed by atoms with Crippen molar-refractivity contribution < 1.29 is 4.74 Å². The molecule has 2 rings (SSSR count). The Bertz CT molecular complexity index is 295. The van der Waals surface area contributed by atoms with E-state index in [1.54, 1.807) is 11.3 Å². The molecule has 2 heterocycles. The summed E-state index contributed by atoms with van der Waals surface area (Å²) in [5, 5.41) is 6.72. The molecule has 1 aliphatic rings. The van der Waals surface area contributed by atoms with Crippen LogP contribution in [0.2, 0.25) is 0 Å². The third kappa shape index (κ3) is 3.26. The van der Waals surface area contributed by atoms with Crippen LogP contribution < -0.4 is 5.32 Å². The van der Waals surface area contributed by atoms with E-state index >= 15 is 0 Å². The van der Waals surface area contributed by atoms with Gasteiger partial charge in [0.25, 0.3) is 0 Å². The highest BCUT2D eigenvalue weighted by molar-refractivity contribution is 7.09. The molecule has 0 amide bonds. The van der Waals surface area contributed by atoms with Gasteiger partial charge in [-0.05, 0) is 25.8 Å². The molecule has 0 bridgehead atoms. The molecule has 0 spiro atoms. The Kier molecular flexibility index (Phi) is 4.11. The largest absolute Gasteiger partial charge is 0.374 e. The molecule has 4 heteroatoms. The zero-order valence-corrected chi connectivity index (χ0v) is 9.98. The Labute approximate surface area is 94.9 Å². The lowest BCUT2D eigenvalue weighted by molar-refractivity contribution is 0.101. The number of hydrogen-bond donors (Lipinski definition) is 1. The highest BCUT2D eigenvalue weighted by Gasteiger charge is 2.13. The molecular weight excluding hydrogens is 208 g/mol. The summed E-state index contributed by atoms with van der Waals surface area (Å²) in [4.78, 5) is 4.47. The molecule has 1 aromatic rings. The van der Waals surface area contributed by atoms with Gasteiger partial charge in [-0.2, -0.15) is 0 Å². The predicted octanol–water partition coefficient (Wildman–Crippen LogP) is 1.97. The van der Waals surface area contributed by atoms with Crippen LogP contribution in [0.4, 0.5) is 0 Å². The minimum atomic E-state index is 0.564. The normalized spacial score (nSPS) is 21.0. The molecule has 0 radical (unpaired) electrons. The van der Waals surface area contributed by atoms with Crippen molar-refractivity contribution in [2.24, 2.45) is 0 Å². The number of nitrogens with one attached hydrogen (secondary N) is 1. The van der Waals surface area contributed by atoms with Crippen molar-refractivity contribution in [3.63, 3.8) is 0 Å². The molecule has 3 nitrogen and oxygen atoms in total. The van der Waals surface area contributed by atoms with Gasteiger partial charge >= 0.3 is 0 Å². The van der Waals surface area contributed by atoms with Crippen molar-refractivity contribution in [3.05, 3.63) is 16.1 Å². The van der Waals surface area contributed by atoms with Gasteiger partial charge in [0, 0.05) is 11.4 Å². The van der Waals surface area contributed by atoms with Crippen LogP contribution in [0.5, 0.6) is 0 Å². The van der Waals surface area contributed by atoms with Gasteiger partial charge in [0.05, 0.1) is 23.9 Å². The lowest BCUT2D eigenvalue weighted by Gasteiger charge is -2.09. The molecule has 0 aliphatic carbocycles. The molecule has 84 valence electrons. The zero-order chi connectivity index (χ0) is 10.5. The maximum Gasteiger partial charge on any atom is 0.0926 e. The minimum absolute atomic E-state index is 0.564. The Morgan fingerprint density at radius 2 is 2.60 bits per heavy atom. The van der Waals surface area contributed by atoms with Crippen molar-refractivity contribution in [2.75, 3.05) is 13.2 Å². The number of nitrogens with zero attached hydrogens (tertiary/aromatic N) is 1. The molecule has 1 aromatic heterocycles. The van der Waals surface area contributed by atoms with Gasteiger partial charge in [0.2, 0.25) is 0 Å². The zero-order valence-electron chi connectivity index (χ0n) is 9.16. The van der Waals surface area contributed by atoms with Gasteiger partial charge in [-0.25, -0.2) is 4.98 Å². The topological polar surface area (TPSA) is 34.1 Å². The summed E-state index contributed by atoms with van der Waals surface area (Å²) in [6.45, 7) is 4.75. The first kappa shape index (κ1) is 11.0. The third-order valence-corrected chi connectivity index (χ3v) is 3.68. The Hall–Kier alpha value is -0.450. The number of thiazole rings is 1. The average molecular weight is 226 g/mol. The smallest absolute Gasteiger partial charge is 0.0926 e. The van der Waals surface area contributed by atoms with Crippen molar-refractivity contribution in [1.29, 1.82) is 0 Å². The fourth-order valence-corrected chi connectivity index (χ4v) is 2.51. The second-order valence-corrected chi connectivity index (χ2v) is 4.84. The predicted molar refractivity (Wildman–Crippen MR) is 62.2 cm³/mol. The van der Waals surface area contributed by atoms with E-state index in [4.69, 9.17) is 4.74 Å². The van der Waals surface area contributed by atoms with E-state index in [-0.39, 0.29) is 0 Å². The number of hydrogen-bond acceptors (Lipinski definition) is 4. The van der Waals surface area contributed by atoms with Gasteiger partial charge in [0.15, 0.2) is 0 Å². The molecule has 1 N–H and O–H groups in total. The van der Waals surface area contributed by atoms with E-state index in [1.807, 2.05) is 0 Å². The fraction of sp³-hybridized carbons (Fsp3) is 0.727. The van der Waals surface area contributed by atoms with Crippen LogP contribution in [0.1, 0.15) is 30.5 Å². The summed E-state index contributed by atoms with van der Waals surface area (Å²) in [5.74, 6) is 0. The van der Waals surface area contributed by atoms with E-state index in [1.165, 1.54) is 17.8 Å². The summed E-state index contributed by atoms with van der Waals surface area (Å²) in [6, 6.07) is 0.564. The quantitative estimate of drug-likeness (QED) is 0.833. The first-order valence-electron chi connectivity index (χ1n) is 5.63. The minimum Gasteiger partial charge on any atom is -0.374 e. The van der Waals surface area contributed by atoms with Gasteiger partial charge in [-0.3, -0.25) is 0 Å². The lowest BCUT2D eigenvalue weighted by Crippen LogP contribution is -2.26. The molecule has 1 unspecified atom stereocenters. The second-order valence-electron chi connectivity index (χ2n) is 3.89. The van der Waals surface area contributed by atoms with Crippen LogP contribution in [-0.2, 0) is 17.8 Å². The third-order valence-electron chi connectivity index (χ3n) is 2.63. The van der Waals surface area contributed by atoms with E-state index in [2.05, 4.69) is 22.6 Å². The van der Waals surface area contributed by atoms with Crippen LogP contribution >= 0.6 is 11.3 Å². The summed E-state index contributed by atoms with van der Waals surface area (Å²) < 4.78 is 5.64. The molecule has 0 saturated carbocycles. The maximum atomic E-state index is 5.64. The standard InChI is InChI=1S/C11H18N2OS/c1-2-11-13-10(8-15-11)7-14-6-9-4-3-5-12-9/h8-9,12H,2-7H2,1H3. The molecule has 1 atom stereocenters. The summed E-state index contributed by atoms with van der Waals surface area (Å²) in [7, 11) is 0. The molecule has 1 saturated heterocycles. The first-order valence-corrected chi connectivity index (χ1v) is 6.51. The molecule has 1 aliphatic heterocycles. The van der Waals surface area contributed by atoms with Gasteiger partial charge in [0.1, 0.15) is 0 Å². The Balaban J connectivity index is 1.68. The number of ether oxygens (including phenoxy) is 1. The van der Waals surface area contributed by atoms with Crippen LogP contribution in [0, 0.1) is 0 Å². The van der Waals surface area contributed by atoms with Gasteiger partial charge < -0.3 is 10.1 Å². The lowest BCUT2D eigenvalue weighted by atomic mass is 10.2. The van der Waals surface area contributed by atoms with E-state index in [9.17, 15) is 0 Å². The van der Waals surface area contributed by atoms with Crippen molar-refractivity contribution >= 4 is 11.3 Å². The monoisotopic (exact) mass is 226 g/mol. The summed E-state index contributed by atoms with van der Waals surface area (Å²) >= 11 is 1.73. The van der Waals surface area contributed by atoms with Crippen LogP contribution in [0.3, 0.4) is 0 Å². The molecule has 1 fully saturated rings. The highest BCUT2D eigenvalue weighted by atomic mass is 32.1. The number of aromatic nitrogens is 1. The van der Waals surface area contributed by atoms with Crippen LogP contribution in [-0.4, -0.2) is 24.2 Å². The van der Waals surface area contributed by atoms with Gasteiger partial charge in [-0.1, -0.05) is 6.92 Å². The van der Waals surface area contributed by atoms with Crippen molar-refractivity contribution in [1.82, 2.24) is 10.3 Å². The summed E-state index contributed by atoms with van der Waals surface area (Å²) in [6.07, 6.45) is 3.55. The molecular formula is C11H18N2OS. The Morgan fingerprint density at radius 1 is 1.67 bits per heavy atom. The number of aryl methyl sites for hydroxylation is 1. The van der Waals surface area contributed by atoms with E-state index < -0.39 is 0 Å². The van der Waals surface area contributed by atoms with Crippen LogP contribution in [0.25, 0.3) is 0 Å². The van der Waals surface area contributed by atoms with Gasteiger partial charge in [-0.15, -0.1) is 11.3 Å². The second kappa shape index (κ2) is 5.58. The highest BCUT2D eigenvalue weighted by Crippen LogP contribution is 2.12. The van der Waals surface area contributed by atoms with Crippen LogP contribution in [0.15, 0.2) is 5.38 Å². The number of rotatable bonds is 5. The van der Waals surface area contributed by atoms with Crippen molar-refractivity contribution in [2.45, 2.75) is 38.8 Å². The SMILES string of the molecule is CCc1nc(COCC2CCCN2)cs1. The molecule has 15 heavy (non-hydrogen) atoms. The maximum absolute atomic E-state index is 5.64. The van der Waals surface area contributed by atoms with E-state index in [0.717, 1.165) is 25.3 Å². The van der Waals surface area contributed by atoms with E-state index in [0.29, 0.717) is 12.6 Å². The fourth-order valence-electron chi connectivity index (χ4n) is 1.78. The molecule has 0 aromatic carbocycles. The van der Waals surface area contributed by atoms with Crippen molar-refractivity contribution in [3.8, 4) is 0 Å². The summed E-state index contributed by atoms with van der Waals surface area (Å²) in [5.41, 5.74) is 1.08. The average Bonchev–Trinajstić information content (AvgIpc) is 2.88. The first-order chi connectivity index (χ1) is 7.38.